The fourth-order valence-electron chi connectivity index (χ4n) is 2.85. The number of ether oxygens (including phenoxy) is 2. The zero-order valence-corrected chi connectivity index (χ0v) is 16.2. The van der Waals surface area contributed by atoms with E-state index < -0.39 is 0 Å². The first-order valence-electron chi connectivity index (χ1n) is 9.02. The summed E-state index contributed by atoms with van der Waals surface area (Å²) in [6, 6.07) is 13.3. The van der Waals surface area contributed by atoms with Gasteiger partial charge in [-0.2, -0.15) is 0 Å². The van der Waals surface area contributed by atoms with Crippen LogP contribution >= 0.6 is 11.3 Å². The molecule has 1 aliphatic heterocycles. The van der Waals surface area contributed by atoms with Gasteiger partial charge in [-0.1, -0.05) is 18.2 Å². The van der Waals surface area contributed by atoms with Crippen molar-refractivity contribution < 1.29 is 19.1 Å². The highest BCUT2D eigenvalue weighted by Crippen LogP contribution is 2.18. The van der Waals surface area contributed by atoms with E-state index in [0.717, 1.165) is 15.5 Å². The molecule has 1 aliphatic rings. The van der Waals surface area contributed by atoms with Crippen LogP contribution in [0.5, 0.6) is 5.75 Å². The molecule has 1 saturated heterocycles. The van der Waals surface area contributed by atoms with E-state index in [1.54, 1.807) is 4.90 Å². The number of para-hydroxylation sites is 1. The SMILES string of the molecule is Cc1ccc(C(=O)N2CCN(C(=O)COCCOc3ccccc3)CC2)s1. The third-order valence-electron chi connectivity index (χ3n) is 4.34. The molecule has 0 aliphatic carbocycles. The van der Waals surface area contributed by atoms with Crippen molar-refractivity contribution in [2.45, 2.75) is 6.92 Å². The summed E-state index contributed by atoms with van der Waals surface area (Å²) in [5.74, 6) is 0.789. The predicted molar refractivity (Wildman–Crippen MR) is 104 cm³/mol. The molecule has 1 fully saturated rings. The van der Waals surface area contributed by atoms with E-state index >= 15 is 0 Å². The molecule has 1 aromatic heterocycles. The lowest BCUT2D eigenvalue weighted by Crippen LogP contribution is -2.51. The van der Waals surface area contributed by atoms with E-state index in [4.69, 9.17) is 9.47 Å². The Kier molecular flexibility index (Phi) is 6.84. The summed E-state index contributed by atoms with van der Waals surface area (Å²) in [6.45, 7) is 4.98. The monoisotopic (exact) mass is 388 g/mol. The molecule has 144 valence electrons. The van der Waals surface area contributed by atoms with Gasteiger partial charge in [0.1, 0.15) is 19.0 Å². The second-order valence-electron chi connectivity index (χ2n) is 6.30. The summed E-state index contributed by atoms with van der Waals surface area (Å²) in [5, 5.41) is 0. The Morgan fingerprint density at radius 1 is 0.963 bits per heavy atom. The van der Waals surface area contributed by atoms with Gasteiger partial charge in [0, 0.05) is 31.1 Å². The maximum atomic E-state index is 12.4. The number of carbonyl (C=O) groups excluding carboxylic acids is 2. The number of piperazine rings is 1. The van der Waals surface area contributed by atoms with Gasteiger partial charge in [-0.25, -0.2) is 0 Å². The normalized spacial score (nSPS) is 14.3. The zero-order chi connectivity index (χ0) is 19.1. The largest absolute Gasteiger partial charge is 0.491 e. The molecular weight excluding hydrogens is 364 g/mol. The highest BCUT2D eigenvalue weighted by atomic mass is 32.1. The van der Waals surface area contributed by atoms with Gasteiger partial charge >= 0.3 is 0 Å². The van der Waals surface area contributed by atoms with Crippen molar-refractivity contribution in [3.63, 3.8) is 0 Å². The number of aryl methyl sites for hydroxylation is 1. The average Bonchev–Trinajstić information content (AvgIpc) is 3.14. The summed E-state index contributed by atoms with van der Waals surface area (Å²) >= 11 is 1.51. The Labute approximate surface area is 163 Å². The Balaban J connectivity index is 1.33. The Morgan fingerprint density at radius 2 is 1.67 bits per heavy atom. The van der Waals surface area contributed by atoms with E-state index in [0.29, 0.717) is 39.4 Å². The molecule has 0 radical (unpaired) electrons. The van der Waals surface area contributed by atoms with Crippen LogP contribution in [0.3, 0.4) is 0 Å². The fraction of sp³-hybridized carbons (Fsp3) is 0.400. The molecule has 2 heterocycles. The van der Waals surface area contributed by atoms with Crippen LogP contribution < -0.4 is 4.74 Å². The minimum atomic E-state index is -0.0474. The van der Waals surface area contributed by atoms with E-state index in [1.807, 2.05) is 54.3 Å². The molecule has 2 amide bonds. The molecule has 1 aromatic carbocycles. The first-order valence-corrected chi connectivity index (χ1v) is 9.84. The molecule has 0 spiro atoms. The number of hydrogen-bond donors (Lipinski definition) is 0. The van der Waals surface area contributed by atoms with Crippen molar-refractivity contribution in [1.29, 1.82) is 0 Å². The number of rotatable bonds is 7. The number of nitrogens with zero attached hydrogens (tertiary/aromatic N) is 2. The summed E-state index contributed by atoms with van der Waals surface area (Å²) in [7, 11) is 0. The highest BCUT2D eigenvalue weighted by molar-refractivity contribution is 7.13. The van der Waals surface area contributed by atoms with Crippen molar-refractivity contribution in [2.24, 2.45) is 0 Å². The Hall–Kier alpha value is -2.38. The van der Waals surface area contributed by atoms with E-state index in [-0.39, 0.29) is 18.4 Å². The summed E-state index contributed by atoms with van der Waals surface area (Å²) in [4.78, 5) is 30.1. The van der Waals surface area contributed by atoms with Crippen molar-refractivity contribution in [1.82, 2.24) is 9.80 Å². The maximum Gasteiger partial charge on any atom is 0.264 e. The van der Waals surface area contributed by atoms with Gasteiger partial charge in [0.05, 0.1) is 11.5 Å². The third kappa shape index (κ3) is 5.55. The summed E-state index contributed by atoms with van der Waals surface area (Å²) in [6.07, 6.45) is 0. The molecule has 0 unspecified atom stereocenters. The molecule has 27 heavy (non-hydrogen) atoms. The minimum Gasteiger partial charge on any atom is -0.491 e. The van der Waals surface area contributed by atoms with E-state index in [2.05, 4.69) is 0 Å². The van der Waals surface area contributed by atoms with Crippen LogP contribution in [0.4, 0.5) is 0 Å². The van der Waals surface area contributed by atoms with Crippen LogP contribution in [0.15, 0.2) is 42.5 Å². The van der Waals surface area contributed by atoms with E-state index in [1.165, 1.54) is 11.3 Å². The predicted octanol–water partition coefficient (Wildman–Crippen LogP) is 2.44. The van der Waals surface area contributed by atoms with Crippen LogP contribution in [-0.4, -0.2) is 67.6 Å². The van der Waals surface area contributed by atoms with Gasteiger partial charge in [-0.3, -0.25) is 9.59 Å². The van der Waals surface area contributed by atoms with E-state index in [9.17, 15) is 9.59 Å². The van der Waals surface area contributed by atoms with Gasteiger partial charge in [0.25, 0.3) is 5.91 Å². The second kappa shape index (κ2) is 9.53. The summed E-state index contributed by atoms with van der Waals surface area (Å²) < 4.78 is 10.9. The lowest BCUT2D eigenvalue weighted by Gasteiger charge is -2.34. The second-order valence-corrected chi connectivity index (χ2v) is 7.59. The molecule has 0 bridgehead atoms. The molecular formula is C20H24N2O4S. The molecule has 0 N–H and O–H groups in total. The average molecular weight is 388 g/mol. The third-order valence-corrected chi connectivity index (χ3v) is 5.32. The number of carbonyl (C=O) groups is 2. The smallest absolute Gasteiger partial charge is 0.264 e. The molecule has 0 saturated carbocycles. The van der Waals surface area contributed by atoms with Crippen molar-refractivity contribution >= 4 is 23.2 Å². The lowest BCUT2D eigenvalue weighted by atomic mass is 10.3. The highest BCUT2D eigenvalue weighted by Gasteiger charge is 2.25. The van der Waals surface area contributed by atoms with Gasteiger partial charge in [0.15, 0.2) is 0 Å². The molecule has 0 atom stereocenters. The van der Waals surface area contributed by atoms with Gasteiger partial charge in [-0.05, 0) is 31.2 Å². The number of amides is 2. The Bertz CT molecular complexity index is 754. The number of hydrogen-bond acceptors (Lipinski definition) is 5. The standard InChI is InChI=1S/C20H24N2O4S/c1-16-7-8-18(27-16)20(24)22-11-9-21(10-12-22)19(23)15-25-13-14-26-17-5-3-2-4-6-17/h2-8H,9-15H2,1H3. The molecule has 2 aromatic rings. The molecule has 6 nitrogen and oxygen atoms in total. The Morgan fingerprint density at radius 3 is 2.33 bits per heavy atom. The number of benzene rings is 1. The van der Waals surface area contributed by atoms with Crippen molar-refractivity contribution in [3.8, 4) is 5.75 Å². The zero-order valence-electron chi connectivity index (χ0n) is 15.4. The summed E-state index contributed by atoms with van der Waals surface area (Å²) in [5.41, 5.74) is 0. The van der Waals surface area contributed by atoms with Crippen LogP contribution in [0.2, 0.25) is 0 Å². The lowest BCUT2D eigenvalue weighted by molar-refractivity contribution is -0.137. The number of thiophene rings is 1. The van der Waals surface area contributed by atoms with Gasteiger partial charge in [0.2, 0.25) is 5.91 Å². The van der Waals surface area contributed by atoms with Crippen LogP contribution in [0.1, 0.15) is 14.5 Å². The fourth-order valence-corrected chi connectivity index (χ4v) is 3.69. The van der Waals surface area contributed by atoms with Crippen LogP contribution in [-0.2, 0) is 9.53 Å². The first-order chi connectivity index (χ1) is 13.1. The quantitative estimate of drug-likeness (QED) is 0.684. The topological polar surface area (TPSA) is 59.1 Å². The van der Waals surface area contributed by atoms with Crippen LogP contribution in [0.25, 0.3) is 0 Å². The van der Waals surface area contributed by atoms with Gasteiger partial charge in [-0.15, -0.1) is 11.3 Å². The van der Waals surface area contributed by atoms with Crippen molar-refractivity contribution in [3.05, 3.63) is 52.2 Å². The van der Waals surface area contributed by atoms with Gasteiger partial charge < -0.3 is 19.3 Å². The molecule has 3 rings (SSSR count). The van der Waals surface area contributed by atoms with Crippen LogP contribution in [0, 0.1) is 6.92 Å². The first kappa shape index (κ1) is 19.4. The molecule has 7 heteroatoms. The van der Waals surface area contributed by atoms with Crippen molar-refractivity contribution in [2.75, 3.05) is 46.0 Å². The minimum absolute atomic E-state index is 0.0379. The maximum absolute atomic E-state index is 12.4.